The van der Waals surface area contributed by atoms with Gasteiger partial charge in [0, 0.05) is 23.7 Å². The third-order valence-electron chi connectivity index (χ3n) is 5.17. The van der Waals surface area contributed by atoms with E-state index in [1.807, 2.05) is 32.0 Å². The number of halogens is 1. The molecule has 2 N–H and O–H groups in total. The number of amides is 2. The Morgan fingerprint density at radius 3 is 2.50 bits per heavy atom. The Balaban J connectivity index is 1.92. The second-order valence-corrected chi connectivity index (χ2v) is 7.94. The summed E-state index contributed by atoms with van der Waals surface area (Å²) in [5.41, 5.74) is 3.72. The van der Waals surface area contributed by atoms with Crippen LogP contribution in [0.1, 0.15) is 37.4 Å². The highest BCUT2D eigenvalue weighted by Gasteiger charge is 2.20. The number of aromatic nitrogens is 2. The fourth-order valence-corrected chi connectivity index (χ4v) is 3.41. The summed E-state index contributed by atoms with van der Waals surface area (Å²) in [4.78, 5) is 37.1. The maximum Gasteiger partial charge on any atom is 0.267 e. The van der Waals surface area contributed by atoms with E-state index in [0.29, 0.717) is 34.1 Å². The van der Waals surface area contributed by atoms with Gasteiger partial charge in [0.1, 0.15) is 6.04 Å². The number of nitrogens with zero attached hydrogens (tertiary/aromatic N) is 2. The Bertz CT molecular complexity index is 1220. The van der Waals surface area contributed by atoms with Gasteiger partial charge >= 0.3 is 0 Å². The summed E-state index contributed by atoms with van der Waals surface area (Å²) in [6.45, 7) is 7.11. The van der Waals surface area contributed by atoms with Crippen LogP contribution in [0, 0.1) is 13.8 Å². The molecular weight excluding hydrogens is 428 g/mol. The van der Waals surface area contributed by atoms with E-state index in [1.165, 1.54) is 6.07 Å². The van der Waals surface area contributed by atoms with Crippen molar-refractivity contribution in [1.82, 2.24) is 9.78 Å². The van der Waals surface area contributed by atoms with Gasteiger partial charge in [-0.2, -0.15) is 5.10 Å². The molecule has 2 amide bonds. The quantitative estimate of drug-likeness (QED) is 0.565. The first-order valence-corrected chi connectivity index (χ1v) is 10.7. The molecule has 0 bridgehead atoms. The molecular formula is C24H25ClN4O3. The van der Waals surface area contributed by atoms with E-state index in [9.17, 15) is 14.4 Å². The highest BCUT2D eigenvalue weighted by Crippen LogP contribution is 2.27. The third kappa shape index (κ3) is 5.06. The van der Waals surface area contributed by atoms with Crippen molar-refractivity contribution in [3.05, 3.63) is 75.0 Å². The van der Waals surface area contributed by atoms with Crippen LogP contribution in [0.15, 0.2) is 53.3 Å². The van der Waals surface area contributed by atoms with Crippen LogP contribution >= 0.6 is 11.6 Å². The lowest BCUT2D eigenvalue weighted by atomic mass is 10.1. The van der Waals surface area contributed by atoms with Gasteiger partial charge in [0.2, 0.25) is 11.8 Å². The molecule has 3 aromatic rings. The largest absolute Gasteiger partial charge is 0.326 e. The minimum absolute atomic E-state index is 0.0941. The normalized spacial score (nSPS) is 11.7. The standard InChI is InChI=1S/C24H25ClN4O3/c1-5-21(30)26-20-13-17(10-9-14(20)2)19-11-12-22(31)29(28-19)16(4)24(32)27-23-15(3)7-6-8-18(23)25/h6-13,16H,5H2,1-4H3,(H,26,30)(H,27,32). The number of aryl methyl sites for hydroxylation is 2. The van der Waals surface area contributed by atoms with Crippen LogP contribution in [0.5, 0.6) is 0 Å². The number of carbonyl (C=O) groups is 2. The molecule has 1 heterocycles. The van der Waals surface area contributed by atoms with Crippen LogP contribution in [0.2, 0.25) is 5.02 Å². The van der Waals surface area contributed by atoms with Crippen LogP contribution in [0.3, 0.4) is 0 Å². The van der Waals surface area contributed by atoms with E-state index in [2.05, 4.69) is 15.7 Å². The monoisotopic (exact) mass is 452 g/mol. The van der Waals surface area contributed by atoms with Crippen molar-refractivity contribution >= 4 is 34.8 Å². The predicted molar refractivity (Wildman–Crippen MR) is 127 cm³/mol. The Morgan fingerprint density at radius 2 is 1.81 bits per heavy atom. The first-order chi connectivity index (χ1) is 15.2. The molecule has 0 spiro atoms. The Morgan fingerprint density at radius 1 is 1.06 bits per heavy atom. The predicted octanol–water partition coefficient (Wildman–Crippen LogP) is 4.73. The summed E-state index contributed by atoms with van der Waals surface area (Å²) in [6, 6.07) is 12.9. The number of hydrogen-bond donors (Lipinski definition) is 2. The maximum absolute atomic E-state index is 12.9. The lowest BCUT2D eigenvalue weighted by Crippen LogP contribution is -2.33. The van der Waals surface area contributed by atoms with E-state index in [0.717, 1.165) is 15.8 Å². The Kier molecular flexibility index (Phi) is 7.10. The topological polar surface area (TPSA) is 93.1 Å². The minimum Gasteiger partial charge on any atom is -0.326 e. The van der Waals surface area contributed by atoms with Gasteiger partial charge in [-0.3, -0.25) is 14.4 Å². The molecule has 7 nitrogen and oxygen atoms in total. The molecule has 0 aliphatic rings. The van der Waals surface area contributed by atoms with E-state index in [-0.39, 0.29) is 5.91 Å². The van der Waals surface area contributed by atoms with Crippen LogP contribution < -0.4 is 16.2 Å². The molecule has 1 atom stereocenters. The average molecular weight is 453 g/mol. The number of hydrogen-bond acceptors (Lipinski definition) is 4. The van der Waals surface area contributed by atoms with Crippen molar-refractivity contribution in [3.8, 4) is 11.3 Å². The van der Waals surface area contributed by atoms with Crippen LogP contribution in [0.4, 0.5) is 11.4 Å². The number of carbonyl (C=O) groups excluding carboxylic acids is 2. The molecule has 0 saturated heterocycles. The molecule has 0 fully saturated rings. The highest BCUT2D eigenvalue weighted by atomic mass is 35.5. The van der Waals surface area contributed by atoms with Gasteiger partial charge in [-0.1, -0.05) is 42.8 Å². The zero-order valence-corrected chi connectivity index (χ0v) is 19.2. The second kappa shape index (κ2) is 9.78. The lowest BCUT2D eigenvalue weighted by Gasteiger charge is -2.17. The zero-order valence-electron chi connectivity index (χ0n) is 18.4. The Hall–Kier alpha value is -3.45. The molecule has 166 valence electrons. The molecule has 1 unspecified atom stereocenters. The van der Waals surface area contributed by atoms with Crippen LogP contribution in [-0.4, -0.2) is 21.6 Å². The van der Waals surface area contributed by atoms with Crippen LogP contribution in [0.25, 0.3) is 11.3 Å². The Labute approximate surface area is 191 Å². The molecule has 0 radical (unpaired) electrons. The number of anilines is 2. The van der Waals surface area contributed by atoms with Gasteiger partial charge < -0.3 is 10.6 Å². The van der Waals surface area contributed by atoms with Gasteiger partial charge in [-0.05, 0) is 50.1 Å². The molecule has 0 saturated carbocycles. The van der Waals surface area contributed by atoms with E-state index < -0.39 is 17.5 Å². The van der Waals surface area contributed by atoms with E-state index in [4.69, 9.17) is 11.6 Å². The summed E-state index contributed by atoms with van der Waals surface area (Å²) >= 11 is 6.21. The summed E-state index contributed by atoms with van der Waals surface area (Å²) in [5.74, 6) is -0.504. The summed E-state index contributed by atoms with van der Waals surface area (Å²) in [7, 11) is 0. The molecule has 32 heavy (non-hydrogen) atoms. The molecule has 3 rings (SSSR count). The number of rotatable bonds is 6. The summed E-state index contributed by atoms with van der Waals surface area (Å²) in [5, 5.41) is 10.5. The minimum atomic E-state index is -0.872. The first-order valence-electron chi connectivity index (χ1n) is 10.3. The van der Waals surface area contributed by atoms with Gasteiger partial charge in [0.15, 0.2) is 0 Å². The van der Waals surface area contributed by atoms with Crippen molar-refractivity contribution in [3.63, 3.8) is 0 Å². The van der Waals surface area contributed by atoms with Gasteiger partial charge in [0.25, 0.3) is 5.56 Å². The van der Waals surface area contributed by atoms with Gasteiger partial charge in [-0.15, -0.1) is 0 Å². The van der Waals surface area contributed by atoms with Gasteiger partial charge in [0.05, 0.1) is 16.4 Å². The van der Waals surface area contributed by atoms with Crippen molar-refractivity contribution < 1.29 is 9.59 Å². The average Bonchev–Trinajstić information content (AvgIpc) is 2.77. The summed E-state index contributed by atoms with van der Waals surface area (Å²) < 4.78 is 1.14. The SMILES string of the molecule is CCC(=O)Nc1cc(-c2ccc(=O)n(C(C)C(=O)Nc3c(C)cccc3Cl)n2)ccc1C. The van der Waals surface area contributed by atoms with Gasteiger partial charge in [-0.25, -0.2) is 4.68 Å². The fourth-order valence-electron chi connectivity index (χ4n) is 3.14. The first kappa shape index (κ1) is 23.2. The smallest absolute Gasteiger partial charge is 0.267 e. The van der Waals surface area contributed by atoms with E-state index >= 15 is 0 Å². The van der Waals surface area contributed by atoms with Crippen molar-refractivity contribution in [2.45, 2.75) is 40.2 Å². The number of benzene rings is 2. The van der Waals surface area contributed by atoms with Crippen LogP contribution in [-0.2, 0) is 9.59 Å². The molecule has 0 aliphatic carbocycles. The van der Waals surface area contributed by atoms with E-state index in [1.54, 1.807) is 38.1 Å². The number of para-hydroxylation sites is 1. The van der Waals surface area contributed by atoms with Crippen molar-refractivity contribution in [2.75, 3.05) is 10.6 Å². The summed E-state index contributed by atoms with van der Waals surface area (Å²) in [6.07, 6.45) is 0.365. The van der Waals surface area contributed by atoms with Crippen molar-refractivity contribution in [1.29, 1.82) is 0 Å². The zero-order chi connectivity index (χ0) is 23.4. The lowest BCUT2D eigenvalue weighted by molar-refractivity contribution is -0.119. The fraction of sp³-hybridized carbons (Fsp3) is 0.250. The molecule has 8 heteroatoms. The second-order valence-electron chi connectivity index (χ2n) is 7.53. The van der Waals surface area contributed by atoms with Crippen molar-refractivity contribution in [2.24, 2.45) is 0 Å². The molecule has 2 aromatic carbocycles. The molecule has 0 aliphatic heterocycles. The maximum atomic E-state index is 12.9. The third-order valence-corrected chi connectivity index (χ3v) is 5.49. The molecule has 1 aromatic heterocycles. The number of nitrogens with one attached hydrogen (secondary N) is 2. The highest BCUT2D eigenvalue weighted by molar-refractivity contribution is 6.34.